The largest absolute Gasteiger partial charge is 0.394 e. The van der Waals surface area contributed by atoms with Gasteiger partial charge in [-0.3, -0.25) is 4.79 Å². The number of carbonyl (C=O) groups is 1. The molecule has 1 amide bonds. The summed E-state index contributed by atoms with van der Waals surface area (Å²) >= 11 is 0. The molecule has 0 aliphatic heterocycles. The molecular weight excluding hydrogens is 280 g/mol. The fourth-order valence-corrected chi connectivity index (χ4v) is 1.87. The normalized spacial score (nSPS) is 11.8. The van der Waals surface area contributed by atoms with Gasteiger partial charge in [-0.2, -0.15) is 5.10 Å². The van der Waals surface area contributed by atoms with Crippen LogP contribution >= 0.6 is 0 Å². The second-order valence-electron chi connectivity index (χ2n) is 5.21. The van der Waals surface area contributed by atoms with Crippen LogP contribution in [0.2, 0.25) is 0 Å². The van der Waals surface area contributed by atoms with E-state index in [0.29, 0.717) is 11.4 Å². The Kier molecular flexibility index (Phi) is 5.06. The molecular formula is C16H20N4O2. The van der Waals surface area contributed by atoms with Crippen molar-refractivity contribution in [1.82, 2.24) is 15.1 Å². The Morgan fingerprint density at radius 1 is 1.32 bits per heavy atom. The highest BCUT2D eigenvalue weighted by molar-refractivity contribution is 5.95. The zero-order valence-corrected chi connectivity index (χ0v) is 12.9. The molecule has 0 bridgehead atoms. The van der Waals surface area contributed by atoms with Crippen molar-refractivity contribution >= 4 is 17.4 Å². The first-order chi connectivity index (χ1) is 10.5. The molecule has 6 nitrogen and oxygen atoms in total. The number of aromatic nitrogens is 2. The van der Waals surface area contributed by atoms with Crippen LogP contribution in [0.4, 0.5) is 11.5 Å². The van der Waals surface area contributed by atoms with E-state index in [1.807, 2.05) is 25.1 Å². The number of likely N-dealkylation sites (N-methyl/N-ethyl adjacent to an activating group) is 1. The van der Waals surface area contributed by atoms with E-state index in [1.165, 1.54) is 4.90 Å². The SMILES string of the molecule is Cc1ccc(Nc2cccc(C(=O)N(C)C(C)CO)c2)nn1. The monoisotopic (exact) mass is 300 g/mol. The molecule has 0 saturated heterocycles. The first-order valence-electron chi connectivity index (χ1n) is 7.06. The van der Waals surface area contributed by atoms with Crippen molar-refractivity contribution < 1.29 is 9.90 Å². The number of hydrogen-bond acceptors (Lipinski definition) is 5. The number of aliphatic hydroxyl groups is 1. The second-order valence-corrected chi connectivity index (χ2v) is 5.21. The predicted molar refractivity (Wildman–Crippen MR) is 85.1 cm³/mol. The molecule has 116 valence electrons. The van der Waals surface area contributed by atoms with E-state index >= 15 is 0 Å². The Morgan fingerprint density at radius 3 is 2.73 bits per heavy atom. The lowest BCUT2D eigenvalue weighted by Crippen LogP contribution is -2.37. The molecule has 0 aliphatic carbocycles. The maximum Gasteiger partial charge on any atom is 0.253 e. The molecule has 2 aromatic rings. The summed E-state index contributed by atoms with van der Waals surface area (Å²) in [4.78, 5) is 13.9. The highest BCUT2D eigenvalue weighted by Gasteiger charge is 2.17. The van der Waals surface area contributed by atoms with Gasteiger partial charge in [-0.05, 0) is 44.2 Å². The Bertz CT molecular complexity index is 643. The molecule has 2 N–H and O–H groups in total. The summed E-state index contributed by atoms with van der Waals surface area (Å²) < 4.78 is 0. The van der Waals surface area contributed by atoms with Gasteiger partial charge >= 0.3 is 0 Å². The molecule has 0 fully saturated rings. The summed E-state index contributed by atoms with van der Waals surface area (Å²) in [7, 11) is 1.68. The number of rotatable bonds is 5. The molecule has 1 aromatic heterocycles. The second kappa shape index (κ2) is 7.00. The first kappa shape index (κ1) is 15.9. The lowest BCUT2D eigenvalue weighted by Gasteiger charge is -2.23. The standard InChI is InChI=1S/C16H20N4O2/c1-11-7-8-15(19-18-11)17-14-6-4-5-13(9-14)16(22)20(3)12(2)10-21/h4-9,12,21H,10H2,1-3H3,(H,17,19). The van der Waals surface area contributed by atoms with Gasteiger partial charge in [0.2, 0.25) is 0 Å². The van der Waals surface area contributed by atoms with Crippen LogP contribution in [0.25, 0.3) is 0 Å². The smallest absolute Gasteiger partial charge is 0.253 e. The summed E-state index contributed by atoms with van der Waals surface area (Å²) in [5.74, 6) is 0.479. The molecule has 1 atom stereocenters. The fourth-order valence-electron chi connectivity index (χ4n) is 1.87. The summed E-state index contributed by atoms with van der Waals surface area (Å²) in [5, 5.41) is 20.3. The quantitative estimate of drug-likeness (QED) is 0.883. The van der Waals surface area contributed by atoms with Crippen molar-refractivity contribution in [2.45, 2.75) is 19.9 Å². The van der Waals surface area contributed by atoms with Crippen molar-refractivity contribution in [1.29, 1.82) is 0 Å². The first-order valence-corrected chi connectivity index (χ1v) is 7.06. The van der Waals surface area contributed by atoms with Gasteiger partial charge in [-0.15, -0.1) is 5.10 Å². The minimum absolute atomic E-state index is 0.0703. The van der Waals surface area contributed by atoms with Gasteiger partial charge < -0.3 is 15.3 Å². The molecule has 0 saturated carbocycles. The zero-order valence-electron chi connectivity index (χ0n) is 12.9. The van der Waals surface area contributed by atoms with Gasteiger partial charge in [0.25, 0.3) is 5.91 Å². The molecule has 1 heterocycles. The minimum Gasteiger partial charge on any atom is -0.394 e. The molecule has 6 heteroatoms. The van der Waals surface area contributed by atoms with Gasteiger partial charge in [-0.1, -0.05) is 6.07 Å². The average molecular weight is 300 g/mol. The van der Waals surface area contributed by atoms with Crippen LogP contribution in [-0.2, 0) is 0 Å². The van der Waals surface area contributed by atoms with Crippen molar-refractivity contribution in [3.8, 4) is 0 Å². The van der Waals surface area contributed by atoms with E-state index in [9.17, 15) is 4.79 Å². The van der Waals surface area contributed by atoms with Crippen molar-refractivity contribution in [3.63, 3.8) is 0 Å². The maximum absolute atomic E-state index is 12.4. The van der Waals surface area contributed by atoms with Crippen LogP contribution in [0.1, 0.15) is 23.0 Å². The lowest BCUT2D eigenvalue weighted by molar-refractivity contribution is 0.0682. The predicted octanol–water partition coefficient (Wildman–Crippen LogP) is 1.98. The van der Waals surface area contributed by atoms with Gasteiger partial charge in [0.15, 0.2) is 5.82 Å². The number of benzene rings is 1. The third kappa shape index (κ3) is 3.79. The summed E-state index contributed by atoms with van der Waals surface area (Å²) in [5.41, 5.74) is 2.15. The van der Waals surface area contributed by atoms with Gasteiger partial charge in [0.05, 0.1) is 18.3 Å². The molecule has 0 radical (unpaired) electrons. The van der Waals surface area contributed by atoms with Crippen LogP contribution in [-0.4, -0.2) is 45.8 Å². The number of nitrogens with one attached hydrogen (secondary N) is 1. The van der Waals surface area contributed by atoms with E-state index in [0.717, 1.165) is 11.4 Å². The zero-order chi connectivity index (χ0) is 16.1. The maximum atomic E-state index is 12.4. The van der Waals surface area contributed by atoms with E-state index in [-0.39, 0.29) is 18.6 Å². The summed E-state index contributed by atoms with van der Waals surface area (Å²) in [6, 6.07) is 10.6. The van der Waals surface area contributed by atoms with Crippen LogP contribution in [0.5, 0.6) is 0 Å². The number of nitrogens with zero attached hydrogens (tertiary/aromatic N) is 3. The molecule has 0 spiro atoms. The highest BCUT2D eigenvalue weighted by atomic mass is 16.3. The number of anilines is 2. The lowest BCUT2D eigenvalue weighted by atomic mass is 10.1. The number of aryl methyl sites for hydroxylation is 1. The van der Waals surface area contributed by atoms with Crippen molar-refractivity contribution in [2.24, 2.45) is 0 Å². The Hall–Kier alpha value is -2.47. The Morgan fingerprint density at radius 2 is 2.09 bits per heavy atom. The topological polar surface area (TPSA) is 78.4 Å². The molecule has 2 rings (SSSR count). The summed E-state index contributed by atoms with van der Waals surface area (Å²) in [6.07, 6.45) is 0. The van der Waals surface area contributed by atoms with Crippen LogP contribution in [0, 0.1) is 6.92 Å². The van der Waals surface area contributed by atoms with Crippen molar-refractivity contribution in [3.05, 3.63) is 47.7 Å². The molecule has 22 heavy (non-hydrogen) atoms. The number of carbonyl (C=O) groups excluding carboxylic acids is 1. The highest BCUT2D eigenvalue weighted by Crippen LogP contribution is 2.17. The fraction of sp³-hybridized carbons (Fsp3) is 0.312. The van der Waals surface area contributed by atoms with E-state index in [2.05, 4.69) is 15.5 Å². The minimum atomic E-state index is -0.230. The summed E-state index contributed by atoms with van der Waals surface area (Å²) in [6.45, 7) is 3.59. The van der Waals surface area contributed by atoms with Gasteiger partial charge in [0, 0.05) is 18.3 Å². The van der Waals surface area contributed by atoms with Crippen LogP contribution in [0.3, 0.4) is 0 Å². The van der Waals surface area contributed by atoms with E-state index in [4.69, 9.17) is 5.11 Å². The molecule has 1 unspecified atom stereocenters. The number of amides is 1. The van der Waals surface area contributed by atoms with E-state index in [1.54, 1.807) is 32.2 Å². The van der Waals surface area contributed by atoms with Gasteiger partial charge in [0.1, 0.15) is 0 Å². The van der Waals surface area contributed by atoms with Crippen LogP contribution in [0.15, 0.2) is 36.4 Å². The van der Waals surface area contributed by atoms with E-state index < -0.39 is 0 Å². The third-order valence-electron chi connectivity index (χ3n) is 3.43. The van der Waals surface area contributed by atoms with Crippen LogP contribution < -0.4 is 5.32 Å². The van der Waals surface area contributed by atoms with Gasteiger partial charge in [-0.25, -0.2) is 0 Å². The average Bonchev–Trinajstić information content (AvgIpc) is 2.55. The number of hydrogen-bond donors (Lipinski definition) is 2. The Balaban J connectivity index is 2.16. The molecule has 0 aliphatic rings. The number of aliphatic hydroxyl groups excluding tert-OH is 1. The Labute approximate surface area is 129 Å². The molecule has 1 aromatic carbocycles. The van der Waals surface area contributed by atoms with Crippen molar-refractivity contribution in [2.75, 3.05) is 19.0 Å². The third-order valence-corrected chi connectivity index (χ3v) is 3.43.